The predicted octanol–water partition coefficient (Wildman–Crippen LogP) is 2.21. The number of hydrogen-bond donors (Lipinski definition) is 1. The number of carbonyl (C=O) groups excluding carboxylic acids is 2. The molecule has 7 heteroatoms. The number of morpholine rings is 1. The Bertz CT molecular complexity index is 680. The second-order valence-corrected chi connectivity index (χ2v) is 7.81. The number of piperazine rings is 1. The molecule has 3 amide bonds. The molecule has 2 fully saturated rings. The fourth-order valence-corrected chi connectivity index (χ4v) is 3.77. The summed E-state index contributed by atoms with van der Waals surface area (Å²) >= 11 is 0. The Morgan fingerprint density at radius 2 is 1.54 bits per heavy atom. The summed E-state index contributed by atoms with van der Waals surface area (Å²) in [6.07, 6.45) is 0. The summed E-state index contributed by atoms with van der Waals surface area (Å²) in [5.74, 6) is 0.350. The van der Waals surface area contributed by atoms with Gasteiger partial charge in [0.25, 0.3) is 0 Å². The molecular weight excluding hydrogens is 356 g/mol. The number of benzene rings is 1. The molecule has 7 nitrogen and oxygen atoms in total. The van der Waals surface area contributed by atoms with Crippen LogP contribution in [-0.4, -0.2) is 85.2 Å². The third-order valence-electron chi connectivity index (χ3n) is 5.63. The van der Waals surface area contributed by atoms with Gasteiger partial charge in [-0.05, 0) is 24.5 Å². The maximum absolute atomic E-state index is 12.8. The van der Waals surface area contributed by atoms with Crippen LogP contribution in [0.4, 0.5) is 10.5 Å². The molecule has 2 saturated heterocycles. The number of para-hydroxylation sites is 1. The zero-order chi connectivity index (χ0) is 20.1. The molecular formula is C21H32N4O3. The summed E-state index contributed by atoms with van der Waals surface area (Å²) in [6, 6.07) is 7.81. The van der Waals surface area contributed by atoms with Gasteiger partial charge in [0.1, 0.15) is 0 Å². The van der Waals surface area contributed by atoms with Gasteiger partial charge in [-0.3, -0.25) is 9.69 Å². The van der Waals surface area contributed by atoms with Crippen molar-refractivity contribution in [2.45, 2.75) is 32.7 Å². The highest BCUT2D eigenvalue weighted by Gasteiger charge is 2.30. The van der Waals surface area contributed by atoms with Crippen LogP contribution in [0, 0.1) is 0 Å². The Balaban J connectivity index is 1.52. The van der Waals surface area contributed by atoms with Crippen molar-refractivity contribution in [3.05, 3.63) is 29.8 Å². The number of rotatable bonds is 4. The van der Waals surface area contributed by atoms with E-state index in [2.05, 4.69) is 30.1 Å². The van der Waals surface area contributed by atoms with Gasteiger partial charge in [0.05, 0.1) is 19.3 Å². The normalized spacial score (nSPS) is 19.6. The van der Waals surface area contributed by atoms with Crippen LogP contribution >= 0.6 is 0 Å². The Morgan fingerprint density at radius 3 is 2.18 bits per heavy atom. The van der Waals surface area contributed by atoms with E-state index < -0.39 is 0 Å². The number of carbonyl (C=O) groups is 2. The highest BCUT2D eigenvalue weighted by molar-refractivity contribution is 5.95. The minimum Gasteiger partial charge on any atom is -0.378 e. The summed E-state index contributed by atoms with van der Waals surface area (Å²) in [6.45, 7) is 11.4. The van der Waals surface area contributed by atoms with Gasteiger partial charge in [0.15, 0.2) is 0 Å². The smallest absolute Gasteiger partial charge is 0.320 e. The molecule has 1 aromatic rings. The van der Waals surface area contributed by atoms with Gasteiger partial charge in [0.2, 0.25) is 5.91 Å². The second-order valence-electron chi connectivity index (χ2n) is 7.81. The predicted molar refractivity (Wildman–Crippen MR) is 110 cm³/mol. The van der Waals surface area contributed by atoms with Crippen molar-refractivity contribution in [2.24, 2.45) is 0 Å². The van der Waals surface area contributed by atoms with Crippen LogP contribution in [0.15, 0.2) is 24.3 Å². The first-order valence-corrected chi connectivity index (χ1v) is 10.2. The number of urea groups is 1. The van der Waals surface area contributed by atoms with Gasteiger partial charge in [-0.25, -0.2) is 4.79 Å². The Kier molecular flexibility index (Phi) is 6.91. The lowest BCUT2D eigenvalue weighted by molar-refractivity contribution is -0.121. The van der Waals surface area contributed by atoms with Gasteiger partial charge in [-0.1, -0.05) is 32.0 Å². The number of amides is 3. The van der Waals surface area contributed by atoms with Crippen LogP contribution in [-0.2, 0) is 9.53 Å². The molecule has 0 aromatic heterocycles. The molecule has 0 saturated carbocycles. The SMILES string of the molecule is CC(C)c1ccccc1NC(=O)C(C)N1CCN(C(=O)N2CCOCC2)CC1. The van der Waals surface area contributed by atoms with Gasteiger partial charge in [-0.2, -0.15) is 0 Å². The molecule has 2 aliphatic rings. The third kappa shape index (κ3) is 4.83. The van der Waals surface area contributed by atoms with Crippen molar-refractivity contribution in [1.82, 2.24) is 14.7 Å². The summed E-state index contributed by atoms with van der Waals surface area (Å²) in [5, 5.41) is 3.09. The van der Waals surface area contributed by atoms with E-state index >= 15 is 0 Å². The Labute approximate surface area is 167 Å². The number of nitrogens with zero attached hydrogens (tertiary/aromatic N) is 3. The van der Waals surface area contributed by atoms with E-state index in [1.807, 2.05) is 34.9 Å². The van der Waals surface area contributed by atoms with Gasteiger partial charge in [0, 0.05) is 45.0 Å². The van der Waals surface area contributed by atoms with Crippen molar-refractivity contribution >= 4 is 17.6 Å². The van der Waals surface area contributed by atoms with Crippen molar-refractivity contribution in [2.75, 3.05) is 57.8 Å². The molecule has 2 heterocycles. The quantitative estimate of drug-likeness (QED) is 0.859. The molecule has 28 heavy (non-hydrogen) atoms. The second kappa shape index (κ2) is 9.39. The van der Waals surface area contributed by atoms with Crippen LogP contribution in [0.3, 0.4) is 0 Å². The zero-order valence-corrected chi connectivity index (χ0v) is 17.2. The van der Waals surface area contributed by atoms with Crippen LogP contribution < -0.4 is 5.32 Å². The molecule has 1 atom stereocenters. The summed E-state index contributed by atoms with van der Waals surface area (Å²) in [7, 11) is 0. The summed E-state index contributed by atoms with van der Waals surface area (Å²) in [5.41, 5.74) is 2.03. The topological polar surface area (TPSA) is 65.1 Å². The number of nitrogens with one attached hydrogen (secondary N) is 1. The molecule has 1 aromatic carbocycles. The first kappa shape index (κ1) is 20.6. The van der Waals surface area contributed by atoms with Crippen LogP contribution in [0.1, 0.15) is 32.3 Å². The zero-order valence-electron chi connectivity index (χ0n) is 17.2. The largest absolute Gasteiger partial charge is 0.378 e. The highest BCUT2D eigenvalue weighted by atomic mass is 16.5. The van der Waals surface area contributed by atoms with Crippen LogP contribution in [0.5, 0.6) is 0 Å². The van der Waals surface area contributed by atoms with E-state index in [9.17, 15) is 9.59 Å². The molecule has 0 spiro atoms. The molecule has 0 bridgehead atoms. The van der Waals surface area contributed by atoms with Crippen molar-refractivity contribution in [1.29, 1.82) is 0 Å². The van der Waals surface area contributed by atoms with Gasteiger partial charge in [-0.15, -0.1) is 0 Å². The molecule has 2 aliphatic heterocycles. The molecule has 0 aliphatic carbocycles. The van der Waals surface area contributed by atoms with Crippen LogP contribution in [0.2, 0.25) is 0 Å². The van der Waals surface area contributed by atoms with Crippen LogP contribution in [0.25, 0.3) is 0 Å². The standard InChI is InChI=1S/C21H32N4O3/c1-16(2)18-6-4-5-7-19(18)22-20(26)17(3)23-8-10-24(11-9-23)21(27)25-12-14-28-15-13-25/h4-7,16-17H,8-15H2,1-3H3,(H,22,26). The van der Waals surface area contributed by atoms with E-state index in [-0.39, 0.29) is 18.0 Å². The summed E-state index contributed by atoms with van der Waals surface area (Å²) in [4.78, 5) is 31.3. The summed E-state index contributed by atoms with van der Waals surface area (Å²) < 4.78 is 5.32. The van der Waals surface area contributed by atoms with E-state index in [0.717, 1.165) is 11.3 Å². The molecule has 1 N–H and O–H groups in total. The Hall–Kier alpha value is -2.12. The lowest BCUT2D eigenvalue weighted by Crippen LogP contribution is -2.57. The highest BCUT2D eigenvalue weighted by Crippen LogP contribution is 2.24. The first-order chi connectivity index (χ1) is 13.5. The third-order valence-corrected chi connectivity index (χ3v) is 5.63. The maximum Gasteiger partial charge on any atom is 0.320 e. The lowest BCUT2D eigenvalue weighted by atomic mass is 10.0. The molecule has 0 radical (unpaired) electrons. The lowest BCUT2D eigenvalue weighted by Gasteiger charge is -2.40. The number of ether oxygens (including phenoxy) is 1. The number of anilines is 1. The minimum atomic E-state index is -0.235. The number of hydrogen-bond acceptors (Lipinski definition) is 4. The monoisotopic (exact) mass is 388 g/mol. The average Bonchev–Trinajstić information content (AvgIpc) is 2.73. The van der Waals surface area contributed by atoms with Crippen molar-refractivity contribution in [3.8, 4) is 0 Å². The molecule has 154 valence electrons. The maximum atomic E-state index is 12.8. The minimum absolute atomic E-state index is 0.000978. The van der Waals surface area contributed by atoms with E-state index in [1.165, 1.54) is 0 Å². The Morgan fingerprint density at radius 1 is 0.929 bits per heavy atom. The average molecular weight is 389 g/mol. The fraction of sp³-hybridized carbons (Fsp3) is 0.619. The van der Waals surface area contributed by atoms with Gasteiger partial charge < -0.3 is 19.9 Å². The van der Waals surface area contributed by atoms with Gasteiger partial charge >= 0.3 is 6.03 Å². The fourth-order valence-electron chi connectivity index (χ4n) is 3.77. The van der Waals surface area contributed by atoms with E-state index in [1.54, 1.807) is 0 Å². The first-order valence-electron chi connectivity index (χ1n) is 10.2. The molecule has 1 unspecified atom stereocenters. The van der Waals surface area contributed by atoms with E-state index in [4.69, 9.17) is 4.74 Å². The van der Waals surface area contributed by atoms with E-state index in [0.29, 0.717) is 58.4 Å². The van der Waals surface area contributed by atoms with Crippen molar-refractivity contribution in [3.63, 3.8) is 0 Å². The molecule has 3 rings (SSSR count). The van der Waals surface area contributed by atoms with Crippen molar-refractivity contribution < 1.29 is 14.3 Å².